The Balaban J connectivity index is 1.63. The van der Waals surface area contributed by atoms with Crippen LogP contribution >= 0.6 is 0 Å². The van der Waals surface area contributed by atoms with Crippen molar-refractivity contribution in [2.75, 3.05) is 12.4 Å². The van der Waals surface area contributed by atoms with Gasteiger partial charge >= 0.3 is 0 Å². The summed E-state index contributed by atoms with van der Waals surface area (Å²) in [6, 6.07) is 8.29. The molecule has 1 atom stereocenters. The summed E-state index contributed by atoms with van der Waals surface area (Å²) >= 11 is 0. The molecule has 1 N–H and O–H groups in total. The monoisotopic (exact) mass is 323 g/mol. The summed E-state index contributed by atoms with van der Waals surface area (Å²) in [5, 5.41) is 12.2. The minimum Gasteiger partial charge on any atom is -0.497 e. The van der Waals surface area contributed by atoms with Crippen molar-refractivity contribution in [3.63, 3.8) is 0 Å². The van der Waals surface area contributed by atoms with Crippen LogP contribution in [0.25, 0.3) is 5.65 Å². The van der Waals surface area contributed by atoms with Crippen LogP contribution in [0.3, 0.4) is 0 Å². The molecule has 0 amide bonds. The number of methoxy groups -OCH3 is 1. The highest BCUT2D eigenvalue weighted by Crippen LogP contribution is 2.39. The molecule has 4 rings (SSSR count). The zero-order chi connectivity index (χ0) is 16.5. The van der Waals surface area contributed by atoms with E-state index >= 15 is 0 Å². The van der Waals surface area contributed by atoms with E-state index in [0.29, 0.717) is 5.92 Å². The van der Waals surface area contributed by atoms with Crippen molar-refractivity contribution < 1.29 is 4.74 Å². The van der Waals surface area contributed by atoms with Crippen LogP contribution in [0, 0.1) is 0 Å². The fraction of sp³-hybridized carbons (Fsp3) is 0.389. The van der Waals surface area contributed by atoms with E-state index in [0.717, 1.165) is 29.5 Å². The van der Waals surface area contributed by atoms with E-state index in [1.165, 1.54) is 18.4 Å². The number of benzene rings is 1. The number of fused-ring (bicyclic) bond motifs is 1. The third kappa shape index (κ3) is 2.68. The first kappa shape index (κ1) is 14.9. The highest BCUT2D eigenvalue weighted by Gasteiger charge is 2.29. The molecule has 6 heteroatoms. The predicted octanol–water partition coefficient (Wildman–Crippen LogP) is 3.57. The molecule has 1 saturated carbocycles. The number of aromatic nitrogens is 4. The maximum Gasteiger partial charge on any atom is 0.203 e. The SMILES string of the molecule is CCC(Nc1nccn2c(C3CC3)nnc12)c1ccc(OC)cc1. The summed E-state index contributed by atoms with van der Waals surface area (Å²) in [6.45, 7) is 2.15. The molecule has 24 heavy (non-hydrogen) atoms. The first-order chi connectivity index (χ1) is 11.8. The second-order valence-corrected chi connectivity index (χ2v) is 6.18. The van der Waals surface area contributed by atoms with E-state index in [4.69, 9.17) is 4.74 Å². The molecule has 2 heterocycles. The highest BCUT2D eigenvalue weighted by molar-refractivity contribution is 5.63. The third-order valence-corrected chi connectivity index (χ3v) is 4.53. The average Bonchev–Trinajstić information content (AvgIpc) is 3.38. The van der Waals surface area contributed by atoms with Gasteiger partial charge in [-0.25, -0.2) is 4.98 Å². The minimum atomic E-state index is 0.163. The zero-order valence-corrected chi connectivity index (χ0v) is 13.9. The summed E-state index contributed by atoms with van der Waals surface area (Å²) in [5.41, 5.74) is 2.00. The van der Waals surface area contributed by atoms with Gasteiger partial charge in [0.2, 0.25) is 5.65 Å². The van der Waals surface area contributed by atoms with Gasteiger partial charge in [0, 0.05) is 18.3 Å². The Morgan fingerprint density at radius 3 is 2.71 bits per heavy atom. The van der Waals surface area contributed by atoms with E-state index in [2.05, 4.69) is 44.0 Å². The van der Waals surface area contributed by atoms with Crippen LogP contribution < -0.4 is 10.1 Å². The van der Waals surface area contributed by atoms with Gasteiger partial charge in [0.15, 0.2) is 5.82 Å². The number of ether oxygens (including phenoxy) is 1. The standard InChI is InChI=1S/C18H21N5O/c1-3-15(12-6-8-14(24-2)9-7-12)20-16-18-22-21-17(13-4-5-13)23(18)11-10-19-16/h6-11,13,15H,3-5H2,1-2H3,(H,19,20). The fourth-order valence-corrected chi connectivity index (χ4v) is 2.99. The molecule has 0 aliphatic heterocycles. The molecule has 0 spiro atoms. The summed E-state index contributed by atoms with van der Waals surface area (Å²) in [6.07, 6.45) is 7.11. The normalized spacial score (nSPS) is 15.4. The van der Waals surface area contributed by atoms with Gasteiger partial charge in [-0.1, -0.05) is 19.1 Å². The number of hydrogen-bond acceptors (Lipinski definition) is 5. The zero-order valence-electron chi connectivity index (χ0n) is 13.9. The second-order valence-electron chi connectivity index (χ2n) is 6.18. The first-order valence-electron chi connectivity index (χ1n) is 8.40. The van der Waals surface area contributed by atoms with Crippen LogP contribution in [0.1, 0.15) is 49.5 Å². The van der Waals surface area contributed by atoms with Crippen LogP contribution in [0.2, 0.25) is 0 Å². The van der Waals surface area contributed by atoms with E-state index < -0.39 is 0 Å². The molecule has 1 aliphatic rings. The van der Waals surface area contributed by atoms with Crippen LogP contribution in [0.5, 0.6) is 5.75 Å². The van der Waals surface area contributed by atoms with Crippen molar-refractivity contribution in [1.29, 1.82) is 0 Å². The van der Waals surface area contributed by atoms with Crippen molar-refractivity contribution in [3.8, 4) is 5.75 Å². The Kier molecular flexibility index (Phi) is 3.80. The Labute approximate surface area is 140 Å². The molecule has 1 aliphatic carbocycles. The number of anilines is 1. The molecule has 0 bridgehead atoms. The quantitative estimate of drug-likeness (QED) is 0.751. The van der Waals surface area contributed by atoms with Crippen molar-refractivity contribution in [2.24, 2.45) is 0 Å². The molecule has 6 nitrogen and oxygen atoms in total. The third-order valence-electron chi connectivity index (χ3n) is 4.53. The molecule has 1 unspecified atom stereocenters. The summed E-state index contributed by atoms with van der Waals surface area (Å²) in [5.74, 6) is 3.24. The lowest BCUT2D eigenvalue weighted by atomic mass is 10.0. The Morgan fingerprint density at radius 1 is 1.25 bits per heavy atom. The van der Waals surface area contributed by atoms with Gasteiger partial charge in [-0.05, 0) is 37.0 Å². The fourth-order valence-electron chi connectivity index (χ4n) is 2.99. The smallest absolute Gasteiger partial charge is 0.203 e. The second kappa shape index (κ2) is 6.11. The lowest BCUT2D eigenvalue weighted by Gasteiger charge is -2.18. The largest absolute Gasteiger partial charge is 0.497 e. The van der Waals surface area contributed by atoms with Crippen LogP contribution in [-0.4, -0.2) is 26.7 Å². The molecular formula is C18H21N5O. The van der Waals surface area contributed by atoms with Gasteiger partial charge < -0.3 is 10.1 Å². The number of nitrogens with one attached hydrogen (secondary N) is 1. The maximum atomic E-state index is 5.24. The van der Waals surface area contributed by atoms with Gasteiger partial charge in [0.05, 0.1) is 13.2 Å². The van der Waals surface area contributed by atoms with E-state index in [1.807, 2.05) is 24.5 Å². The Hall–Kier alpha value is -2.63. The van der Waals surface area contributed by atoms with Crippen molar-refractivity contribution in [2.45, 2.75) is 38.1 Å². The molecule has 1 fully saturated rings. The van der Waals surface area contributed by atoms with Crippen LogP contribution in [-0.2, 0) is 0 Å². The maximum absolute atomic E-state index is 5.24. The predicted molar refractivity (Wildman–Crippen MR) is 92.4 cm³/mol. The van der Waals surface area contributed by atoms with Crippen molar-refractivity contribution >= 4 is 11.5 Å². The van der Waals surface area contributed by atoms with Gasteiger partial charge in [-0.2, -0.15) is 0 Å². The molecular weight excluding hydrogens is 302 g/mol. The minimum absolute atomic E-state index is 0.163. The van der Waals surface area contributed by atoms with E-state index in [1.54, 1.807) is 7.11 Å². The summed E-state index contributed by atoms with van der Waals surface area (Å²) in [4.78, 5) is 4.49. The lowest BCUT2D eigenvalue weighted by Crippen LogP contribution is -2.12. The van der Waals surface area contributed by atoms with Gasteiger partial charge in [-0.3, -0.25) is 4.40 Å². The van der Waals surface area contributed by atoms with Crippen molar-refractivity contribution in [1.82, 2.24) is 19.6 Å². The topological polar surface area (TPSA) is 64.3 Å². The molecule has 2 aromatic heterocycles. The number of hydrogen-bond donors (Lipinski definition) is 1. The average molecular weight is 323 g/mol. The van der Waals surface area contributed by atoms with Gasteiger partial charge in [-0.15, -0.1) is 10.2 Å². The molecule has 0 radical (unpaired) electrons. The van der Waals surface area contributed by atoms with Gasteiger partial charge in [0.25, 0.3) is 0 Å². The first-order valence-corrected chi connectivity index (χ1v) is 8.40. The van der Waals surface area contributed by atoms with Crippen molar-refractivity contribution in [3.05, 3.63) is 48.0 Å². The number of nitrogens with zero attached hydrogens (tertiary/aromatic N) is 4. The van der Waals surface area contributed by atoms with E-state index in [9.17, 15) is 0 Å². The molecule has 124 valence electrons. The molecule has 3 aromatic rings. The Morgan fingerprint density at radius 2 is 2.04 bits per heavy atom. The van der Waals surface area contributed by atoms with Crippen LogP contribution in [0.15, 0.2) is 36.7 Å². The van der Waals surface area contributed by atoms with E-state index in [-0.39, 0.29) is 6.04 Å². The Bertz CT molecular complexity index is 838. The van der Waals surface area contributed by atoms with Gasteiger partial charge in [0.1, 0.15) is 11.6 Å². The summed E-state index contributed by atoms with van der Waals surface area (Å²) in [7, 11) is 1.68. The van der Waals surface area contributed by atoms with Crippen LogP contribution in [0.4, 0.5) is 5.82 Å². The lowest BCUT2D eigenvalue weighted by molar-refractivity contribution is 0.414. The highest BCUT2D eigenvalue weighted by atomic mass is 16.5. The number of rotatable bonds is 6. The summed E-state index contributed by atoms with van der Waals surface area (Å²) < 4.78 is 7.30. The molecule has 0 saturated heterocycles. The molecule has 1 aromatic carbocycles.